The summed E-state index contributed by atoms with van der Waals surface area (Å²) in [5, 5.41) is 8.40. The fourth-order valence-corrected chi connectivity index (χ4v) is 2.26. The van der Waals surface area contributed by atoms with Crippen LogP contribution in [0.3, 0.4) is 0 Å². The Balaban J connectivity index is 2.58. The maximum atomic E-state index is 4.25. The van der Waals surface area contributed by atoms with Gasteiger partial charge >= 0.3 is 0 Å². The van der Waals surface area contributed by atoms with Gasteiger partial charge in [-0.2, -0.15) is 0 Å². The molecular weight excluding hydrogens is 162 g/mol. The molecule has 0 amide bonds. The van der Waals surface area contributed by atoms with Crippen LogP contribution >= 0.6 is 0 Å². The quantitative estimate of drug-likeness (QED) is 0.611. The minimum Gasteiger partial charge on any atom is -0.309 e. The highest BCUT2D eigenvalue weighted by Gasteiger charge is 2.32. The summed E-state index contributed by atoms with van der Waals surface area (Å²) in [4.78, 5) is 0. The van der Waals surface area contributed by atoms with E-state index in [1.165, 1.54) is 12.8 Å². The number of fused-ring (bicyclic) bond motifs is 1. The summed E-state index contributed by atoms with van der Waals surface area (Å²) in [5.41, 5.74) is 0.204. The molecule has 1 unspecified atom stereocenters. The van der Waals surface area contributed by atoms with Gasteiger partial charge < -0.3 is 4.57 Å². The van der Waals surface area contributed by atoms with Crippen molar-refractivity contribution in [2.45, 2.75) is 52.0 Å². The molecule has 0 saturated heterocycles. The normalized spacial score (nSPS) is 25.7. The van der Waals surface area contributed by atoms with Gasteiger partial charge in [-0.3, -0.25) is 0 Å². The number of nitrogens with zero attached hydrogens (tertiary/aromatic N) is 3. The molecule has 0 saturated carbocycles. The second kappa shape index (κ2) is 2.56. The first-order valence-corrected chi connectivity index (χ1v) is 4.95. The topological polar surface area (TPSA) is 30.7 Å². The predicted molar refractivity (Wildman–Crippen MR) is 51.7 cm³/mol. The van der Waals surface area contributed by atoms with Crippen molar-refractivity contribution in [1.29, 1.82) is 0 Å². The molecule has 0 N–H and O–H groups in total. The third kappa shape index (κ3) is 1.18. The van der Waals surface area contributed by atoms with E-state index < -0.39 is 0 Å². The van der Waals surface area contributed by atoms with Crippen molar-refractivity contribution in [3.8, 4) is 0 Å². The lowest BCUT2D eigenvalue weighted by Gasteiger charge is -2.35. The standard InChI is InChI=1S/C10H17N3/c1-7-5-6-10(3,4)13-8(2)11-12-9(7)13/h7H,5-6H2,1-4H3. The smallest absolute Gasteiger partial charge is 0.136 e. The summed E-state index contributed by atoms with van der Waals surface area (Å²) in [6.45, 7) is 8.79. The highest BCUT2D eigenvalue weighted by molar-refractivity contribution is 5.08. The zero-order chi connectivity index (χ0) is 9.64. The molecule has 3 heteroatoms. The maximum absolute atomic E-state index is 4.25. The van der Waals surface area contributed by atoms with E-state index >= 15 is 0 Å². The van der Waals surface area contributed by atoms with Gasteiger partial charge in [0.05, 0.1) is 0 Å². The summed E-state index contributed by atoms with van der Waals surface area (Å²) < 4.78 is 2.29. The Kier molecular flexibility index (Phi) is 1.72. The Bertz CT molecular complexity index is 325. The Morgan fingerprint density at radius 2 is 2.08 bits per heavy atom. The second-order valence-corrected chi connectivity index (χ2v) is 4.69. The lowest BCUT2D eigenvalue weighted by molar-refractivity contribution is 0.255. The Hall–Kier alpha value is -0.860. The summed E-state index contributed by atoms with van der Waals surface area (Å²) in [6, 6.07) is 0. The number of hydrogen-bond donors (Lipinski definition) is 0. The predicted octanol–water partition coefficient (Wildman–Crippen LogP) is 2.22. The fourth-order valence-electron chi connectivity index (χ4n) is 2.26. The van der Waals surface area contributed by atoms with E-state index in [4.69, 9.17) is 0 Å². The zero-order valence-corrected chi connectivity index (χ0v) is 8.83. The van der Waals surface area contributed by atoms with Gasteiger partial charge in [-0.25, -0.2) is 0 Å². The van der Waals surface area contributed by atoms with Gasteiger partial charge in [-0.15, -0.1) is 10.2 Å². The van der Waals surface area contributed by atoms with Gasteiger partial charge in [0, 0.05) is 11.5 Å². The molecule has 0 spiro atoms. The number of rotatable bonds is 0. The molecule has 0 aromatic carbocycles. The molecule has 0 aliphatic carbocycles. The minimum atomic E-state index is 0.204. The highest BCUT2D eigenvalue weighted by atomic mass is 15.3. The molecule has 1 aromatic rings. The molecule has 1 aromatic heterocycles. The van der Waals surface area contributed by atoms with Crippen LogP contribution in [0.4, 0.5) is 0 Å². The SMILES string of the molecule is Cc1nnc2n1C(C)(C)CCC2C. The van der Waals surface area contributed by atoms with Gasteiger partial charge in [0.25, 0.3) is 0 Å². The summed E-state index contributed by atoms with van der Waals surface area (Å²) in [7, 11) is 0. The highest BCUT2D eigenvalue weighted by Crippen LogP contribution is 2.36. The van der Waals surface area contributed by atoms with Gasteiger partial charge in [-0.1, -0.05) is 6.92 Å². The fraction of sp³-hybridized carbons (Fsp3) is 0.800. The Morgan fingerprint density at radius 3 is 2.69 bits per heavy atom. The van der Waals surface area contributed by atoms with Crippen molar-refractivity contribution in [2.24, 2.45) is 0 Å². The first-order chi connectivity index (χ1) is 6.02. The number of aryl methyl sites for hydroxylation is 1. The monoisotopic (exact) mass is 179 g/mol. The van der Waals surface area contributed by atoms with E-state index in [9.17, 15) is 0 Å². The van der Waals surface area contributed by atoms with Crippen LogP contribution in [0.2, 0.25) is 0 Å². The largest absolute Gasteiger partial charge is 0.309 e. The molecular formula is C10H17N3. The van der Waals surface area contributed by atoms with Crippen LogP contribution in [-0.2, 0) is 5.54 Å². The van der Waals surface area contributed by atoms with Crippen molar-refractivity contribution in [2.75, 3.05) is 0 Å². The van der Waals surface area contributed by atoms with E-state index in [1.807, 2.05) is 6.92 Å². The number of hydrogen-bond acceptors (Lipinski definition) is 2. The average Bonchev–Trinajstić information content (AvgIpc) is 2.42. The van der Waals surface area contributed by atoms with Crippen LogP contribution in [0.5, 0.6) is 0 Å². The molecule has 0 fully saturated rings. The Morgan fingerprint density at radius 1 is 1.38 bits per heavy atom. The third-order valence-corrected chi connectivity index (χ3v) is 3.09. The van der Waals surface area contributed by atoms with E-state index in [-0.39, 0.29) is 5.54 Å². The molecule has 0 bridgehead atoms. The number of aromatic nitrogens is 3. The summed E-state index contributed by atoms with van der Waals surface area (Å²) in [6.07, 6.45) is 2.45. The van der Waals surface area contributed by atoms with E-state index in [0.717, 1.165) is 11.6 Å². The van der Waals surface area contributed by atoms with Gasteiger partial charge in [0.1, 0.15) is 11.6 Å². The van der Waals surface area contributed by atoms with E-state index in [2.05, 4.69) is 35.5 Å². The van der Waals surface area contributed by atoms with Crippen molar-refractivity contribution >= 4 is 0 Å². The van der Waals surface area contributed by atoms with Crippen molar-refractivity contribution in [1.82, 2.24) is 14.8 Å². The zero-order valence-electron chi connectivity index (χ0n) is 8.83. The molecule has 3 nitrogen and oxygen atoms in total. The van der Waals surface area contributed by atoms with Crippen molar-refractivity contribution in [3.05, 3.63) is 11.6 Å². The lowest BCUT2D eigenvalue weighted by atomic mass is 9.87. The van der Waals surface area contributed by atoms with Crippen LogP contribution < -0.4 is 0 Å². The molecule has 1 aliphatic rings. The Labute approximate surface area is 79.2 Å². The van der Waals surface area contributed by atoms with Crippen LogP contribution in [0.1, 0.15) is 51.2 Å². The summed E-state index contributed by atoms with van der Waals surface area (Å²) in [5.74, 6) is 2.77. The van der Waals surface area contributed by atoms with Crippen LogP contribution in [-0.4, -0.2) is 14.8 Å². The average molecular weight is 179 g/mol. The summed E-state index contributed by atoms with van der Waals surface area (Å²) >= 11 is 0. The van der Waals surface area contributed by atoms with Gasteiger partial charge in [-0.05, 0) is 33.6 Å². The van der Waals surface area contributed by atoms with Crippen molar-refractivity contribution < 1.29 is 0 Å². The molecule has 2 rings (SSSR count). The maximum Gasteiger partial charge on any atom is 0.136 e. The first kappa shape index (κ1) is 8.73. The minimum absolute atomic E-state index is 0.204. The van der Waals surface area contributed by atoms with E-state index in [0.29, 0.717) is 5.92 Å². The molecule has 2 heterocycles. The molecule has 72 valence electrons. The van der Waals surface area contributed by atoms with Gasteiger partial charge in [0.15, 0.2) is 0 Å². The van der Waals surface area contributed by atoms with Crippen molar-refractivity contribution in [3.63, 3.8) is 0 Å². The third-order valence-electron chi connectivity index (χ3n) is 3.09. The molecule has 1 aliphatic heterocycles. The molecule has 1 atom stereocenters. The molecule has 0 radical (unpaired) electrons. The lowest BCUT2D eigenvalue weighted by Crippen LogP contribution is -2.34. The first-order valence-electron chi connectivity index (χ1n) is 4.95. The van der Waals surface area contributed by atoms with Crippen LogP contribution in [0.25, 0.3) is 0 Å². The van der Waals surface area contributed by atoms with Crippen LogP contribution in [0.15, 0.2) is 0 Å². The molecule has 13 heavy (non-hydrogen) atoms. The van der Waals surface area contributed by atoms with E-state index in [1.54, 1.807) is 0 Å². The second-order valence-electron chi connectivity index (χ2n) is 4.69. The van der Waals surface area contributed by atoms with Crippen LogP contribution in [0, 0.1) is 6.92 Å². The van der Waals surface area contributed by atoms with Gasteiger partial charge in [0.2, 0.25) is 0 Å².